The summed E-state index contributed by atoms with van der Waals surface area (Å²) in [6.07, 6.45) is 5.71. The highest BCUT2D eigenvalue weighted by Gasteiger charge is 2.27. The molecule has 6 heteroatoms. The van der Waals surface area contributed by atoms with Gasteiger partial charge in [-0.15, -0.1) is 0 Å². The number of anilines is 2. The molecule has 2 heterocycles. The number of likely N-dealkylation sites (N-methyl/N-ethyl adjacent to an activating group) is 1. The molecule has 0 atom stereocenters. The fraction of sp³-hybridized carbons (Fsp3) is 0.343. The van der Waals surface area contributed by atoms with E-state index in [9.17, 15) is 5.11 Å². The average molecular weight is 569 g/mol. The Kier molecular flexibility index (Phi) is 9.33. The molecule has 0 amide bonds. The zero-order chi connectivity index (χ0) is 28.8. The van der Waals surface area contributed by atoms with Crippen molar-refractivity contribution in [1.29, 1.82) is 0 Å². The Labute approximate surface area is 249 Å². The molecule has 41 heavy (non-hydrogen) atoms. The third-order valence-corrected chi connectivity index (χ3v) is 9.20. The van der Waals surface area contributed by atoms with Gasteiger partial charge in [0.25, 0.3) is 5.82 Å². The van der Waals surface area contributed by atoms with Crippen LogP contribution in [0.3, 0.4) is 0 Å². The third-order valence-electron chi connectivity index (χ3n) is 8.04. The summed E-state index contributed by atoms with van der Waals surface area (Å²) in [5, 5.41) is 12.0. The van der Waals surface area contributed by atoms with E-state index in [4.69, 9.17) is 0 Å². The number of fused-ring (bicyclic) bond motifs is 2. The Balaban J connectivity index is 1.63. The topological polar surface area (TPSA) is 30.6 Å². The normalized spacial score (nSPS) is 14.2. The van der Waals surface area contributed by atoms with Crippen LogP contribution in [0, 0.1) is 0 Å². The number of benzene rings is 3. The van der Waals surface area contributed by atoms with Crippen molar-refractivity contribution in [2.45, 2.75) is 31.1 Å². The lowest BCUT2D eigenvalue weighted by Crippen LogP contribution is -2.45. The van der Waals surface area contributed by atoms with Crippen molar-refractivity contribution in [2.75, 3.05) is 63.7 Å². The molecule has 0 bridgehead atoms. The summed E-state index contributed by atoms with van der Waals surface area (Å²) in [5.74, 6) is 1.23. The third kappa shape index (κ3) is 6.61. The Bertz CT molecular complexity index is 1500. The fourth-order valence-corrected chi connectivity index (χ4v) is 6.76. The summed E-state index contributed by atoms with van der Waals surface area (Å²) in [5.41, 5.74) is 4.89. The molecule has 1 N–H and O–H groups in total. The van der Waals surface area contributed by atoms with Crippen LogP contribution < -0.4 is 14.4 Å². The number of thioether (sulfide) groups is 1. The highest BCUT2D eigenvalue weighted by Crippen LogP contribution is 2.45. The second kappa shape index (κ2) is 13.1. The Hall–Kier alpha value is -3.32. The van der Waals surface area contributed by atoms with Gasteiger partial charge in [0.2, 0.25) is 0 Å². The zero-order valence-electron chi connectivity index (χ0n) is 25.0. The molecule has 1 aliphatic heterocycles. The van der Waals surface area contributed by atoms with Gasteiger partial charge in [-0.3, -0.25) is 4.90 Å². The molecule has 0 saturated carbocycles. The molecule has 0 unspecified atom stereocenters. The van der Waals surface area contributed by atoms with Crippen LogP contribution in [0.1, 0.15) is 31.7 Å². The number of hydrogen-bond acceptors (Lipinski definition) is 4. The lowest BCUT2D eigenvalue weighted by atomic mass is 10.1. The molecule has 0 saturated heterocycles. The molecule has 3 aromatic carbocycles. The number of aromatic nitrogens is 1. The molecule has 0 aliphatic carbocycles. The first-order valence-electron chi connectivity index (χ1n) is 14.8. The number of aliphatic hydroxyl groups excluding tert-OH is 1. The summed E-state index contributed by atoms with van der Waals surface area (Å²) in [6.45, 7) is 6.27. The molecule has 0 fully saturated rings. The van der Waals surface area contributed by atoms with Crippen LogP contribution in [0.2, 0.25) is 0 Å². The molecule has 5 rings (SSSR count). The van der Waals surface area contributed by atoms with E-state index >= 15 is 0 Å². The molecule has 4 aromatic rings. The molecular formula is C35H44N4OS+2. The quantitative estimate of drug-likeness (QED) is 0.152. The highest BCUT2D eigenvalue weighted by atomic mass is 32.2. The first kappa shape index (κ1) is 29.2. The lowest BCUT2D eigenvalue weighted by Gasteiger charge is -2.29. The molecule has 1 aliphatic rings. The average Bonchev–Trinajstić information content (AvgIpc) is 3.30. The van der Waals surface area contributed by atoms with Crippen LogP contribution in [-0.2, 0) is 0 Å². The van der Waals surface area contributed by atoms with E-state index in [1.54, 1.807) is 0 Å². The second-order valence-electron chi connectivity index (χ2n) is 11.6. The standard InChI is InChI=1S/C35H44N4OS/c1-5-6-21-37(22-14-23-39(3,4)24-25-40)34-26-28(27-35-36(2)32-19-12-13-20-33(32)41-35)30-17-10-11-18-31(30)38(34)29-15-8-7-9-16-29/h7-13,15-20,26-27,40H,5-6,14,21-25H2,1-4H3/q+2. The van der Waals surface area contributed by atoms with E-state index in [1.807, 2.05) is 11.8 Å². The maximum atomic E-state index is 9.55. The van der Waals surface area contributed by atoms with E-state index in [2.05, 4.69) is 133 Å². The Morgan fingerprint density at radius 2 is 1.61 bits per heavy atom. The van der Waals surface area contributed by atoms with Gasteiger partial charge >= 0.3 is 0 Å². The summed E-state index contributed by atoms with van der Waals surface area (Å²) in [7, 11) is 6.59. The van der Waals surface area contributed by atoms with Crippen molar-refractivity contribution < 1.29 is 14.2 Å². The minimum Gasteiger partial charge on any atom is -0.391 e. The van der Waals surface area contributed by atoms with Crippen LogP contribution in [0.25, 0.3) is 22.7 Å². The second-order valence-corrected chi connectivity index (χ2v) is 12.6. The van der Waals surface area contributed by atoms with E-state index in [0.29, 0.717) is 0 Å². The van der Waals surface area contributed by atoms with Crippen molar-refractivity contribution in [2.24, 2.45) is 0 Å². The van der Waals surface area contributed by atoms with Crippen LogP contribution in [0.15, 0.2) is 94.9 Å². The molecule has 214 valence electrons. The SMILES string of the molecule is CCCCN(CCC[N+](C)(C)CCO)c1cc(C=C2Sc3ccccc3N2C)c2ccccc2[n+]1-c1ccccc1. The van der Waals surface area contributed by atoms with Crippen molar-refractivity contribution in [3.63, 3.8) is 0 Å². The van der Waals surface area contributed by atoms with Crippen molar-refractivity contribution in [3.05, 3.63) is 95.5 Å². The monoisotopic (exact) mass is 568 g/mol. The molecular weight excluding hydrogens is 524 g/mol. The largest absolute Gasteiger partial charge is 0.391 e. The van der Waals surface area contributed by atoms with Gasteiger partial charge in [0.15, 0.2) is 0 Å². The molecule has 1 aromatic heterocycles. The lowest BCUT2D eigenvalue weighted by molar-refractivity contribution is -0.890. The van der Waals surface area contributed by atoms with Crippen LogP contribution in [-0.4, -0.2) is 63.5 Å². The van der Waals surface area contributed by atoms with E-state index in [0.717, 1.165) is 49.9 Å². The first-order valence-corrected chi connectivity index (χ1v) is 15.7. The summed E-state index contributed by atoms with van der Waals surface area (Å²) in [6, 6.07) is 30.6. The van der Waals surface area contributed by atoms with Crippen molar-refractivity contribution >= 4 is 40.2 Å². The van der Waals surface area contributed by atoms with Gasteiger partial charge in [0.1, 0.15) is 17.7 Å². The van der Waals surface area contributed by atoms with Gasteiger partial charge in [-0.25, -0.2) is 0 Å². The van der Waals surface area contributed by atoms with Gasteiger partial charge in [0, 0.05) is 29.8 Å². The Morgan fingerprint density at radius 3 is 2.37 bits per heavy atom. The van der Waals surface area contributed by atoms with Gasteiger partial charge < -0.3 is 14.5 Å². The molecule has 5 nitrogen and oxygen atoms in total. The van der Waals surface area contributed by atoms with Crippen LogP contribution >= 0.6 is 11.8 Å². The van der Waals surface area contributed by atoms with E-state index in [1.165, 1.54) is 43.6 Å². The number of pyridine rings is 1. The number of nitrogens with zero attached hydrogens (tertiary/aromatic N) is 4. The van der Waals surface area contributed by atoms with E-state index in [-0.39, 0.29) is 6.61 Å². The van der Waals surface area contributed by atoms with E-state index < -0.39 is 0 Å². The summed E-state index contributed by atoms with van der Waals surface area (Å²) in [4.78, 5) is 6.20. The molecule has 0 radical (unpaired) electrons. The number of hydrogen-bond donors (Lipinski definition) is 1. The molecule has 0 spiro atoms. The van der Waals surface area contributed by atoms with Crippen molar-refractivity contribution in [3.8, 4) is 5.69 Å². The van der Waals surface area contributed by atoms with Crippen LogP contribution in [0.4, 0.5) is 11.5 Å². The minimum atomic E-state index is 0.222. The summed E-state index contributed by atoms with van der Waals surface area (Å²) < 4.78 is 3.27. The minimum absolute atomic E-state index is 0.222. The van der Waals surface area contributed by atoms with Gasteiger partial charge in [-0.2, -0.15) is 4.57 Å². The number of para-hydroxylation sites is 3. The smallest absolute Gasteiger partial charge is 0.282 e. The van der Waals surface area contributed by atoms with Crippen molar-refractivity contribution in [1.82, 2.24) is 0 Å². The maximum Gasteiger partial charge on any atom is 0.282 e. The van der Waals surface area contributed by atoms with Gasteiger partial charge in [-0.1, -0.05) is 73.6 Å². The first-order chi connectivity index (χ1) is 19.9. The predicted octanol–water partition coefficient (Wildman–Crippen LogP) is 6.72. The number of aliphatic hydroxyl groups is 1. The highest BCUT2D eigenvalue weighted by molar-refractivity contribution is 8.03. The zero-order valence-corrected chi connectivity index (χ0v) is 25.8. The van der Waals surface area contributed by atoms with Gasteiger partial charge in [-0.05, 0) is 48.4 Å². The van der Waals surface area contributed by atoms with Gasteiger partial charge in [0.05, 0.1) is 51.1 Å². The maximum absolute atomic E-state index is 9.55. The summed E-state index contributed by atoms with van der Waals surface area (Å²) >= 11 is 1.84. The Morgan fingerprint density at radius 1 is 0.902 bits per heavy atom. The van der Waals surface area contributed by atoms with Crippen LogP contribution in [0.5, 0.6) is 0 Å². The fourth-order valence-electron chi connectivity index (χ4n) is 5.66. The number of unbranched alkanes of at least 4 members (excludes halogenated alkanes) is 1. The predicted molar refractivity (Wildman–Crippen MR) is 175 cm³/mol. The number of rotatable bonds is 12. The number of quaternary nitrogens is 1.